The fourth-order valence-electron chi connectivity index (χ4n) is 4.42. The van der Waals surface area contributed by atoms with Gasteiger partial charge in [-0.25, -0.2) is 9.80 Å². The summed E-state index contributed by atoms with van der Waals surface area (Å²) >= 11 is 9.42. The molecule has 1 amide bonds. The minimum Gasteiger partial charge on any atom is -0.467 e. The first kappa shape index (κ1) is 22.7. The lowest BCUT2D eigenvalue weighted by molar-refractivity contribution is -0.137. The van der Waals surface area contributed by atoms with Crippen molar-refractivity contribution in [3.05, 3.63) is 87.1 Å². The summed E-state index contributed by atoms with van der Waals surface area (Å²) in [5.41, 5.74) is 2.03. The lowest BCUT2D eigenvalue weighted by Gasteiger charge is -2.27. The number of rotatable bonds is 5. The topological polar surface area (TPSA) is 85.3 Å². The highest BCUT2D eigenvalue weighted by atomic mass is 79.9. The van der Waals surface area contributed by atoms with E-state index in [2.05, 4.69) is 15.9 Å². The van der Waals surface area contributed by atoms with Gasteiger partial charge in [0.1, 0.15) is 17.6 Å². The molecule has 0 saturated heterocycles. The molecule has 0 N–H and O–H groups in total. The summed E-state index contributed by atoms with van der Waals surface area (Å²) < 4.78 is 17.1. The Bertz CT molecular complexity index is 1270. The molecule has 1 saturated carbocycles. The van der Waals surface area contributed by atoms with Gasteiger partial charge in [-0.2, -0.15) is 5.10 Å². The molecule has 1 aliphatic heterocycles. The number of carbonyl (C=O) groups is 2. The maximum Gasteiger partial charge on any atom is 0.340 e. The van der Waals surface area contributed by atoms with Gasteiger partial charge in [-0.15, -0.1) is 0 Å². The number of ether oxygens (including phenoxy) is 1. The molecule has 2 aliphatic rings. The number of benzene rings is 1. The standard InChI is InChI=1S/C25H20BrClN2O5/c26-16-8-9-20(27)19(13-16)25(31)34-14-22(30)29-24(21-7-3-11-33-21)18-6-1-4-15(23(18)28-29)12-17-5-2-10-32-17/h2-3,5,7-13,18,24H,1,4,6,14H2. The maximum absolute atomic E-state index is 13.2. The summed E-state index contributed by atoms with van der Waals surface area (Å²) in [5.74, 6) is 0.215. The molecule has 1 aliphatic carbocycles. The number of hydrazone groups is 1. The summed E-state index contributed by atoms with van der Waals surface area (Å²) in [6, 6.07) is 11.8. The van der Waals surface area contributed by atoms with Gasteiger partial charge in [0.25, 0.3) is 5.91 Å². The van der Waals surface area contributed by atoms with Crippen LogP contribution in [0.5, 0.6) is 0 Å². The highest BCUT2D eigenvalue weighted by Gasteiger charge is 2.45. The van der Waals surface area contributed by atoms with E-state index in [9.17, 15) is 9.59 Å². The quantitative estimate of drug-likeness (QED) is 0.354. The average molecular weight is 544 g/mol. The van der Waals surface area contributed by atoms with E-state index in [0.717, 1.165) is 36.3 Å². The number of allylic oxidation sites excluding steroid dienone is 1. The normalized spacial score (nSPS) is 20.8. The Morgan fingerprint density at radius 1 is 1.21 bits per heavy atom. The van der Waals surface area contributed by atoms with Crippen LogP contribution in [0.25, 0.3) is 6.08 Å². The van der Waals surface area contributed by atoms with Crippen LogP contribution in [0.15, 0.2) is 79.0 Å². The molecular formula is C25H20BrClN2O5. The highest BCUT2D eigenvalue weighted by molar-refractivity contribution is 9.10. The first-order valence-corrected chi connectivity index (χ1v) is 12.0. The minimum absolute atomic E-state index is 0.0275. The predicted molar refractivity (Wildman–Crippen MR) is 129 cm³/mol. The van der Waals surface area contributed by atoms with Gasteiger partial charge in [0.05, 0.1) is 28.8 Å². The van der Waals surface area contributed by atoms with Gasteiger partial charge in [0.15, 0.2) is 6.61 Å². The largest absolute Gasteiger partial charge is 0.467 e. The number of fused-ring (bicyclic) bond motifs is 1. The first-order chi connectivity index (χ1) is 16.5. The lowest BCUT2D eigenvalue weighted by atomic mass is 9.79. The summed E-state index contributed by atoms with van der Waals surface area (Å²) in [6.07, 6.45) is 7.81. The molecule has 5 rings (SSSR count). The zero-order chi connectivity index (χ0) is 23.7. The van der Waals surface area contributed by atoms with Crippen molar-refractivity contribution in [2.75, 3.05) is 6.61 Å². The van der Waals surface area contributed by atoms with Gasteiger partial charge in [-0.1, -0.05) is 27.5 Å². The van der Waals surface area contributed by atoms with Gasteiger partial charge in [-0.05, 0) is 73.4 Å². The second kappa shape index (κ2) is 9.64. The third-order valence-corrected chi connectivity index (χ3v) is 6.75. The van der Waals surface area contributed by atoms with Crippen molar-refractivity contribution < 1.29 is 23.2 Å². The predicted octanol–water partition coefficient (Wildman–Crippen LogP) is 6.27. The Labute approximate surface area is 209 Å². The molecule has 9 heteroatoms. The minimum atomic E-state index is -0.683. The molecule has 3 heterocycles. The van der Waals surface area contributed by atoms with Crippen molar-refractivity contribution >= 4 is 51.2 Å². The van der Waals surface area contributed by atoms with E-state index in [-0.39, 0.29) is 16.5 Å². The number of furan rings is 2. The Hall–Kier alpha value is -3.10. The number of amides is 1. The number of nitrogens with zero attached hydrogens (tertiary/aromatic N) is 2. The molecule has 34 heavy (non-hydrogen) atoms. The van der Waals surface area contributed by atoms with Gasteiger partial charge in [-0.3, -0.25) is 4.79 Å². The molecule has 7 nitrogen and oxygen atoms in total. The van der Waals surface area contributed by atoms with Crippen molar-refractivity contribution in [2.24, 2.45) is 11.0 Å². The zero-order valence-electron chi connectivity index (χ0n) is 17.9. The number of hydrogen-bond donors (Lipinski definition) is 0. The van der Waals surface area contributed by atoms with Crippen LogP contribution < -0.4 is 0 Å². The lowest BCUT2D eigenvalue weighted by Crippen LogP contribution is -2.34. The fourth-order valence-corrected chi connectivity index (χ4v) is 4.97. The molecule has 2 unspecified atom stereocenters. The van der Waals surface area contributed by atoms with E-state index in [1.165, 1.54) is 5.01 Å². The molecular weight excluding hydrogens is 524 g/mol. The number of hydrogen-bond acceptors (Lipinski definition) is 6. The first-order valence-electron chi connectivity index (χ1n) is 10.8. The van der Waals surface area contributed by atoms with E-state index in [1.807, 2.05) is 24.3 Å². The smallest absolute Gasteiger partial charge is 0.340 e. The Balaban J connectivity index is 1.40. The highest BCUT2D eigenvalue weighted by Crippen LogP contribution is 2.44. The molecule has 0 spiro atoms. The molecule has 3 aromatic rings. The van der Waals surface area contributed by atoms with Crippen LogP contribution in [0.4, 0.5) is 0 Å². The second-order valence-corrected chi connectivity index (χ2v) is 9.39. The molecule has 2 aromatic heterocycles. The molecule has 2 atom stereocenters. The van der Waals surface area contributed by atoms with Crippen molar-refractivity contribution in [2.45, 2.75) is 25.3 Å². The summed E-state index contributed by atoms with van der Waals surface area (Å²) in [4.78, 5) is 25.8. The Morgan fingerprint density at radius 2 is 2.03 bits per heavy atom. The maximum atomic E-state index is 13.2. The van der Waals surface area contributed by atoms with E-state index in [1.54, 1.807) is 36.8 Å². The third-order valence-electron chi connectivity index (χ3n) is 5.93. The van der Waals surface area contributed by atoms with Crippen molar-refractivity contribution in [3.63, 3.8) is 0 Å². The third kappa shape index (κ3) is 4.48. The Morgan fingerprint density at radius 3 is 2.79 bits per heavy atom. The second-order valence-electron chi connectivity index (χ2n) is 8.07. The summed E-state index contributed by atoms with van der Waals surface area (Å²) in [6.45, 7) is -0.473. The monoisotopic (exact) mass is 542 g/mol. The molecule has 174 valence electrons. The van der Waals surface area contributed by atoms with Crippen molar-refractivity contribution in [1.29, 1.82) is 0 Å². The van der Waals surface area contributed by atoms with Gasteiger partial charge < -0.3 is 13.6 Å². The van der Waals surface area contributed by atoms with E-state index < -0.39 is 24.5 Å². The van der Waals surface area contributed by atoms with Crippen LogP contribution in [-0.4, -0.2) is 29.2 Å². The van der Waals surface area contributed by atoms with Gasteiger partial charge >= 0.3 is 5.97 Å². The van der Waals surface area contributed by atoms with Crippen LogP contribution in [0, 0.1) is 5.92 Å². The van der Waals surface area contributed by atoms with E-state index >= 15 is 0 Å². The number of halogens is 2. The fraction of sp³-hybridized carbons (Fsp3) is 0.240. The van der Waals surface area contributed by atoms with Crippen molar-refractivity contribution in [3.8, 4) is 0 Å². The summed E-state index contributed by atoms with van der Waals surface area (Å²) in [5, 5.41) is 6.33. The van der Waals surface area contributed by atoms with Crippen LogP contribution in [0.3, 0.4) is 0 Å². The Kier molecular flexibility index (Phi) is 6.43. The average Bonchev–Trinajstić information content (AvgIpc) is 3.59. The van der Waals surface area contributed by atoms with Crippen LogP contribution in [0.1, 0.15) is 47.2 Å². The molecule has 1 aromatic carbocycles. The SMILES string of the molecule is O=C(OCC(=O)N1N=C2C(=Cc3ccco3)CCCC2C1c1ccco1)c1cc(Br)ccc1Cl. The van der Waals surface area contributed by atoms with Crippen LogP contribution in [0.2, 0.25) is 5.02 Å². The van der Waals surface area contributed by atoms with E-state index in [0.29, 0.717) is 10.2 Å². The molecule has 0 radical (unpaired) electrons. The van der Waals surface area contributed by atoms with Gasteiger partial charge in [0, 0.05) is 10.4 Å². The number of esters is 1. The van der Waals surface area contributed by atoms with Crippen LogP contribution >= 0.6 is 27.5 Å². The molecule has 0 bridgehead atoms. The molecule has 1 fully saturated rings. The van der Waals surface area contributed by atoms with E-state index in [4.69, 9.17) is 30.3 Å². The van der Waals surface area contributed by atoms with Gasteiger partial charge in [0.2, 0.25) is 0 Å². The summed E-state index contributed by atoms with van der Waals surface area (Å²) in [7, 11) is 0. The van der Waals surface area contributed by atoms with Crippen LogP contribution in [-0.2, 0) is 9.53 Å². The number of carbonyl (C=O) groups excluding carboxylic acids is 2. The van der Waals surface area contributed by atoms with Crippen molar-refractivity contribution in [1.82, 2.24) is 5.01 Å². The zero-order valence-corrected chi connectivity index (χ0v) is 20.3.